The van der Waals surface area contributed by atoms with Crippen molar-refractivity contribution in [3.05, 3.63) is 23.8 Å². The number of carbonyl (C=O) groups excluding carboxylic acids is 2. The molecule has 1 aromatic rings. The highest BCUT2D eigenvalue weighted by molar-refractivity contribution is 7.92. The van der Waals surface area contributed by atoms with Gasteiger partial charge in [-0.15, -0.1) is 0 Å². The molecule has 1 heterocycles. The van der Waals surface area contributed by atoms with Gasteiger partial charge < -0.3 is 10.1 Å². The molecule has 0 fully saturated rings. The fourth-order valence-corrected chi connectivity index (χ4v) is 3.10. The lowest BCUT2D eigenvalue weighted by molar-refractivity contribution is -0.152. The Balaban J connectivity index is 2.22. The van der Waals surface area contributed by atoms with E-state index in [4.69, 9.17) is 0 Å². The zero-order valence-corrected chi connectivity index (χ0v) is 12.6. The summed E-state index contributed by atoms with van der Waals surface area (Å²) in [6.45, 7) is 2.09. The molecule has 0 atom stereocenters. The van der Waals surface area contributed by atoms with Crippen LogP contribution in [0.25, 0.3) is 0 Å². The number of anilines is 2. The van der Waals surface area contributed by atoms with Crippen molar-refractivity contribution in [3.63, 3.8) is 0 Å². The maximum Gasteiger partial charge on any atom is 0.397 e. The number of esters is 1. The molecule has 0 aromatic heterocycles. The van der Waals surface area contributed by atoms with E-state index in [9.17, 15) is 18.0 Å². The lowest BCUT2D eigenvalue weighted by Crippen LogP contribution is -2.28. The van der Waals surface area contributed by atoms with Crippen molar-refractivity contribution in [2.24, 2.45) is 0 Å². The zero-order valence-electron chi connectivity index (χ0n) is 11.8. The predicted octanol–water partition coefficient (Wildman–Crippen LogP) is 0.510. The quantitative estimate of drug-likeness (QED) is 0.648. The first-order valence-electron chi connectivity index (χ1n) is 6.41. The van der Waals surface area contributed by atoms with E-state index >= 15 is 0 Å². The number of hydrogen-bond acceptors (Lipinski definition) is 5. The molecule has 1 amide bonds. The van der Waals surface area contributed by atoms with Crippen molar-refractivity contribution in [1.82, 2.24) is 0 Å². The number of sulfonamides is 1. The molecule has 21 heavy (non-hydrogen) atoms. The van der Waals surface area contributed by atoms with Crippen LogP contribution in [-0.4, -0.2) is 39.7 Å². The van der Waals surface area contributed by atoms with Gasteiger partial charge in [0.05, 0.1) is 18.6 Å². The van der Waals surface area contributed by atoms with E-state index < -0.39 is 21.9 Å². The third-order valence-electron chi connectivity index (χ3n) is 3.06. The maximum absolute atomic E-state index is 11.7. The van der Waals surface area contributed by atoms with Crippen molar-refractivity contribution in [1.29, 1.82) is 0 Å². The third-order valence-corrected chi connectivity index (χ3v) is 4.24. The van der Waals surface area contributed by atoms with Gasteiger partial charge in [0.15, 0.2) is 0 Å². The number of hydrogen-bond donors (Lipinski definition) is 1. The molecule has 0 aliphatic carbocycles. The van der Waals surface area contributed by atoms with E-state index in [-0.39, 0.29) is 6.61 Å². The topological polar surface area (TPSA) is 92.8 Å². The molecule has 1 N–H and O–H groups in total. The van der Waals surface area contributed by atoms with Gasteiger partial charge in [0.1, 0.15) is 0 Å². The minimum atomic E-state index is -3.36. The van der Waals surface area contributed by atoms with E-state index in [2.05, 4.69) is 10.1 Å². The Morgan fingerprint density at radius 3 is 2.71 bits per heavy atom. The van der Waals surface area contributed by atoms with Crippen LogP contribution in [0.4, 0.5) is 11.4 Å². The Bertz CT molecular complexity index is 684. The summed E-state index contributed by atoms with van der Waals surface area (Å²) in [4.78, 5) is 22.8. The summed E-state index contributed by atoms with van der Waals surface area (Å²) in [5.74, 6) is -1.86. The van der Waals surface area contributed by atoms with Crippen LogP contribution in [0.2, 0.25) is 0 Å². The molecule has 0 radical (unpaired) electrons. The lowest BCUT2D eigenvalue weighted by atomic mass is 10.1. The first kappa shape index (κ1) is 15.3. The molecule has 114 valence electrons. The molecule has 0 saturated carbocycles. The molecule has 0 spiro atoms. The van der Waals surface area contributed by atoms with Crippen molar-refractivity contribution < 1.29 is 22.7 Å². The summed E-state index contributed by atoms with van der Waals surface area (Å²) in [7, 11) is -3.36. The van der Waals surface area contributed by atoms with E-state index in [0.29, 0.717) is 24.3 Å². The molecular formula is C13H16N2O5S. The Labute approximate surface area is 122 Å². The second-order valence-electron chi connectivity index (χ2n) is 4.60. The summed E-state index contributed by atoms with van der Waals surface area (Å²) in [5.41, 5.74) is 1.76. The second kappa shape index (κ2) is 5.72. The Morgan fingerprint density at radius 2 is 2.10 bits per heavy atom. The molecule has 7 nitrogen and oxygen atoms in total. The Kier molecular flexibility index (Phi) is 4.17. The highest BCUT2D eigenvalue weighted by Gasteiger charge is 2.26. The van der Waals surface area contributed by atoms with Crippen LogP contribution >= 0.6 is 0 Å². The lowest BCUT2D eigenvalue weighted by Gasteiger charge is -2.17. The first-order chi connectivity index (χ1) is 9.82. The van der Waals surface area contributed by atoms with Crippen molar-refractivity contribution in [3.8, 4) is 0 Å². The molecule has 1 aliphatic heterocycles. The monoisotopic (exact) mass is 312 g/mol. The number of carbonyl (C=O) groups is 2. The van der Waals surface area contributed by atoms with Crippen LogP contribution in [0.5, 0.6) is 0 Å². The smallest absolute Gasteiger partial charge is 0.397 e. The van der Waals surface area contributed by atoms with Gasteiger partial charge in [-0.3, -0.25) is 9.10 Å². The van der Waals surface area contributed by atoms with E-state index in [1.807, 2.05) is 0 Å². The van der Waals surface area contributed by atoms with Crippen LogP contribution in [-0.2, 0) is 30.8 Å². The summed E-state index contributed by atoms with van der Waals surface area (Å²) < 4.78 is 29.2. The van der Waals surface area contributed by atoms with Crippen LogP contribution in [0.1, 0.15) is 12.5 Å². The molecule has 8 heteroatoms. The van der Waals surface area contributed by atoms with Gasteiger partial charge in [-0.25, -0.2) is 13.2 Å². The van der Waals surface area contributed by atoms with Crippen molar-refractivity contribution >= 4 is 33.3 Å². The van der Waals surface area contributed by atoms with Gasteiger partial charge in [-0.2, -0.15) is 0 Å². The second-order valence-corrected chi connectivity index (χ2v) is 6.51. The van der Waals surface area contributed by atoms with Crippen LogP contribution in [0.15, 0.2) is 18.2 Å². The average molecular weight is 312 g/mol. The van der Waals surface area contributed by atoms with E-state index in [0.717, 1.165) is 11.8 Å². The number of rotatable bonds is 3. The highest BCUT2D eigenvalue weighted by Crippen LogP contribution is 2.32. The number of ether oxygens (including phenoxy) is 1. The number of benzene rings is 1. The van der Waals surface area contributed by atoms with Crippen LogP contribution in [0.3, 0.4) is 0 Å². The number of fused-ring (bicyclic) bond motifs is 1. The fraction of sp³-hybridized carbons (Fsp3) is 0.385. The SMILES string of the molecule is CCOC(=O)C(=O)Nc1ccc2c(c1)N(S(C)(=O)=O)CC2. The highest BCUT2D eigenvalue weighted by atomic mass is 32.2. The normalized spacial score (nSPS) is 13.7. The van der Waals surface area contributed by atoms with Gasteiger partial charge in [-0.05, 0) is 31.0 Å². The fourth-order valence-electron chi connectivity index (χ4n) is 2.15. The summed E-state index contributed by atoms with van der Waals surface area (Å²) in [6, 6.07) is 4.91. The van der Waals surface area contributed by atoms with E-state index in [1.165, 1.54) is 4.31 Å². The van der Waals surface area contributed by atoms with Gasteiger partial charge in [0, 0.05) is 12.2 Å². The number of nitrogens with zero attached hydrogens (tertiary/aromatic N) is 1. The Hall–Kier alpha value is -2.09. The maximum atomic E-state index is 11.7. The van der Waals surface area contributed by atoms with E-state index in [1.54, 1.807) is 25.1 Å². The van der Waals surface area contributed by atoms with Gasteiger partial charge >= 0.3 is 11.9 Å². The van der Waals surface area contributed by atoms with Gasteiger partial charge in [-0.1, -0.05) is 6.07 Å². The van der Waals surface area contributed by atoms with Crippen molar-refractivity contribution in [2.45, 2.75) is 13.3 Å². The minimum absolute atomic E-state index is 0.109. The number of amides is 1. The zero-order chi connectivity index (χ0) is 15.6. The molecular weight excluding hydrogens is 296 g/mol. The molecule has 2 rings (SSSR count). The Morgan fingerprint density at radius 1 is 1.38 bits per heavy atom. The van der Waals surface area contributed by atoms with Gasteiger partial charge in [0.2, 0.25) is 10.0 Å². The van der Waals surface area contributed by atoms with Gasteiger partial charge in [0.25, 0.3) is 0 Å². The summed E-state index contributed by atoms with van der Waals surface area (Å²) >= 11 is 0. The molecule has 0 unspecified atom stereocenters. The summed E-state index contributed by atoms with van der Waals surface area (Å²) in [6.07, 6.45) is 1.75. The third kappa shape index (κ3) is 3.33. The van der Waals surface area contributed by atoms with Crippen LogP contribution < -0.4 is 9.62 Å². The largest absolute Gasteiger partial charge is 0.459 e. The first-order valence-corrected chi connectivity index (χ1v) is 8.26. The molecule has 0 bridgehead atoms. The molecule has 1 aliphatic rings. The van der Waals surface area contributed by atoms with Crippen molar-refractivity contribution in [2.75, 3.05) is 29.0 Å². The number of nitrogens with one attached hydrogen (secondary N) is 1. The summed E-state index contributed by atoms with van der Waals surface area (Å²) in [5, 5.41) is 2.39. The predicted molar refractivity (Wildman–Crippen MR) is 77.6 cm³/mol. The molecule has 1 aromatic carbocycles. The minimum Gasteiger partial charge on any atom is -0.459 e. The van der Waals surface area contributed by atoms with Crippen LogP contribution in [0, 0.1) is 0 Å². The average Bonchev–Trinajstić information content (AvgIpc) is 2.81. The molecule has 0 saturated heterocycles. The standard InChI is InChI=1S/C13H16N2O5S/c1-3-20-13(17)12(16)14-10-5-4-9-6-7-15(11(9)8-10)21(2,18)19/h4-5,8H,3,6-7H2,1-2H3,(H,14,16).